The summed E-state index contributed by atoms with van der Waals surface area (Å²) in [6.07, 6.45) is 1.59. The lowest BCUT2D eigenvalue weighted by molar-refractivity contribution is -0.117. The molecular formula is C9H9N3O2. The molecule has 2 aromatic rings. The number of hydrogen-bond donors (Lipinski definition) is 1. The van der Waals surface area contributed by atoms with E-state index in [1.807, 2.05) is 0 Å². The number of nitrogens with zero attached hydrogens (tertiary/aromatic N) is 2. The van der Waals surface area contributed by atoms with Crippen molar-refractivity contribution in [1.82, 2.24) is 14.5 Å². The van der Waals surface area contributed by atoms with Crippen LogP contribution in [-0.2, 0) is 11.3 Å². The van der Waals surface area contributed by atoms with Gasteiger partial charge < -0.3 is 4.98 Å². The number of carbonyl (C=O) groups excluding carboxylic acids is 1. The number of imidazole rings is 1. The summed E-state index contributed by atoms with van der Waals surface area (Å²) in [6, 6.07) is 3.48. The van der Waals surface area contributed by atoms with Crippen LogP contribution in [0.5, 0.6) is 0 Å². The van der Waals surface area contributed by atoms with Crippen LogP contribution in [0.25, 0.3) is 11.2 Å². The number of Topliss-reactive ketones (excluding diaryl/α,β-unsaturated/α-hetero) is 1. The molecule has 0 saturated heterocycles. The van der Waals surface area contributed by atoms with Crippen LogP contribution in [0, 0.1) is 0 Å². The molecule has 0 bridgehead atoms. The Kier molecular flexibility index (Phi) is 1.92. The van der Waals surface area contributed by atoms with E-state index < -0.39 is 0 Å². The fourth-order valence-corrected chi connectivity index (χ4v) is 1.36. The zero-order valence-electron chi connectivity index (χ0n) is 7.65. The molecule has 2 heterocycles. The average molecular weight is 191 g/mol. The summed E-state index contributed by atoms with van der Waals surface area (Å²) in [7, 11) is 0. The molecule has 2 aromatic heterocycles. The van der Waals surface area contributed by atoms with E-state index in [0.717, 1.165) is 0 Å². The van der Waals surface area contributed by atoms with Gasteiger partial charge in [-0.05, 0) is 19.1 Å². The number of aromatic amines is 1. The third-order valence-electron chi connectivity index (χ3n) is 1.91. The quantitative estimate of drug-likeness (QED) is 0.743. The lowest BCUT2D eigenvalue weighted by Gasteiger charge is -1.96. The van der Waals surface area contributed by atoms with Gasteiger partial charge in [0, 0.05) is 6.20 Å². The van der Waals surface area contributed by atoms with Gasteiger partial charge in [0.2, 0.25) is 0 Å². The number of rotatable bonds is 2. The Hall–Kier alpha value is -1.91. The lowest BCUT2D eigenvalue weighted by Crippen LogP contribution is -2.20. The maximum Gasteiger partial charge on any atom is 0.328 e. The standard InChI is InChI=1S/C9H9N3O2/c1-6(13)5-12-8-7(11-9(12)14)3-2-4-10-8/h2-4H,5H2,1H3,(H,11,14). The highest BCUT2D eigenvalue weighted by Crippen LogP contribution is 2.04. The van der Waals surface area contributed by atoms with E-state index in [2.05, 4.69) is 9.97 Å². The van der Waals surface area contributed by atoms with Crippen LogP contribution in [0.2, 0.25) is 0 Å². The van der Waals surface area contributed by atoms with Crippen molar-refractivity contribution in [3.8, 4) is 0 Å². The minimum absolute atomic E-state index is 0.0653. The van der Waals surface area contributed by atoms with E-state index in [1.54, 1.807) is 18.3 Å². The highest BCUT2D eigenvalue weighted by molar-refractivity contribution is 5.78. The summed E-state index contributed by atoms with van der Waals surface area (Å²) in [4.78, 5) is 29.0. The van der Waals surface area contributed by atoms with Crippen molar-refractivity contribution in [2.24, 2.45) is 0 Å². The molecule has 5 heteroatoms. The maximum absolute atomic E-state index is 11.4. The van der Waals surface area contributed by atoms with Crippen LogP contribution in [0.15, 0.2) is 23.1 Å². The third-order valence-corrected chi connectivity index (χ3v) is 1.91. The van der Waals surface area contributed by atoms with Crippen LogP contribution < -0.4 is 5.69 Å². The number of hydrogen-bond acceptors (Lipinski definition) is 3. The largest absolute Gasteiger partial charge is 0.328 e. The second kappa shape index (κ2) is 3.10. The number of H-pyrrole nitrogens is 1. The highest BCUT2D eigenvalue weighted by Gasteiger charge is 2.07. The molecule has 5 nitrogen and oxygen atoms in total. The SMILES string of the molecule is CC(=O)Cn1c(=O)[nH]c2cccnc21. The Bertz CT molecular complexity index is 538. The molecule has 0 aliphatic carbocycles. The predicted octanol–water partition coefficient (Wildman–Crippen LogP) is 0.314. The molecular weight excluding hydrogens is 182 g/mol. The Morgan fingerprint density at radius 1 is 1.64 bits per heavy atom. The highest BCUT2D eigenvalue weighted by atomic mass is 16.2. The number of nitrogens with one attached hydrogen (secondary N) is 1. The van der Waals surface area contributed by atoms with Crippen LogP contribution in [-0.4, -0.2) is 20.3 Å². The molecule has 0 spiro atoms. The monoisotopic (exact) mass is 191 g/mol. The van der Waals surface area contributed by atoms with Crippen molar-refractivity contribution >= 4 is 16.9 Å². The van der Waals surface area contributed by atoms with E-state index >= 15 is 0 Å². The van der Waals surface area contributed by atoms with Gasteiger partial charge in [0.15, 0.2) is 5.65 Å². The molecule has 0 aliphatic rings. The number of ketones is 1. The molecule has 72 valence electrons. The van der Waals surface area contributed by atoms with E-state index in [1.165, 1.54) is 11.5 Å². The van der Waals surface area contributed by atoms with Gasteiger partial charge in [-0.1, -0.05) is 0 Å². The third kappa shape index (κ3) is 1.32. The van der Waals surface area contributed by atoms with Gasteiger partial charge in [-0.25, -0.2) is 9.78 Å². The van der Waals surface area contributed by atoms with Crippen molar-refractivity contribution < 1.29 is 4.79 Å². The van der Waals surface area contributed by atoms with Crippen LogP contribution in [0.3, 0.4) is 0 Å². The zero-order chi connectivity index (χ0) is 10.1. The van der Waals surface area contributed by atoms with Gasteiger partial charge in [-0.3, -0.25) is 9.36 Å². The molecule has 0 unspecified atom stereocenters. The Labute approximate surface area is 79.4 Å². The first-order valence-corrected chi connectivity index (χ1v) is 4.21. The van der Waals surface area contributed by atoms with Crippen LogP contribution >= 0.6 is 0 Å². The lowest BCUT2D eigenvalue weighted by atomic mass is 10.4. The van der Waals surface area contributed by atoms with Crippen LogP contribution in [0.4, 0.5) is 0 Å². The Morgan fingerprint density at radius 2 is 2.43 bits per heavy atom. The maximum atomic E-state index is 11.4. The number of fused-ring (bicyclic) bond motifs is 1. The number of pyridine rings is 1. The first kappa shape index (κ1) is 8.68. The van der Waals surface area contributed by atoms with E-state index in [-0.39, 0.29) is 18.0 Å². The van der Waals surface area contributed by atoms with Crippen molar-refractivity contribution in [2.75, 3.05) is 0 Å². The molecule has 0 fully saturated rings. The Morgan fingerprint density at radius 3 is 3.14 bits per heavy atom. The normalized spacial score (nSPS) is 10.6. The van der Waals surface area contributed by atoms with Gasteiger partial charge in [0.05, 0.1) is 12.1 Å². The summed E-state index contributed by atoms with van der Waals surface area (Å²) in [5.41, 5.74) is 0.875. The number of aromatic nitrogens is 3. The van der Waals surface area contributed by atoms with Gasteiger partial charge in [0.1, 0.15) is 5.78 Å². The first-order chi connectivity index (χ1) is 6.68. The minimum Gasteiger partial charge on any atom is -0.304 e. The first-order valence-electron chi connectivity index (χ1n) is 4.21. The van der Waals surface area contributed by atoms with E-state index in [0.29, 0.717) is 11.2 Å². The van der Waals surface area contributed by atoms with Crippen LogP contribution in [0.1, 0.15) is 6.92 Å². The molecule has 14 heavy (non-hydrogen) atoms. The summed E-state index contributed by atoms with van der Waals surface area (Å²) in [6.45, 7) is 1.50. The van der Waals surface area contributed by atoms with Crippen molar-refractivity contribution in [3.63, 3.8) is 0 Å². The molecule has 0 amide bonds. The smallest absolute Gasteiger partial charge is 0.304 e. The van der Waals surface area contributed by atoms with Gasteiger partial charge in [-0.2, -0.15) is 0 Å². The fourth-order valence-electron chi connectivity index (χ4n) is 1.36. The molecule has 2 rings (SSSR count). The fraction of sp³-hybridized carbons (Fsp3) is 0.222. The predicted molar refractivity (Wildman–Crippen MR) is 51.0 cm³/mol. The van der Waals surface area contributed by atoms with Crippen molar-refractivity contribution in [1.29, 1.82) is 0 Å². The summed E-state index contributed by atoms with van der Waals surface area (Å²) in [5, 5.41) is 0. The second-order valence-corrected chi connectivity index (χ2v) is 3.09. The molecule has 1 N–H and O–H groups in total. The van der Waals surface area contributed by atoms with Crippen molar-refractivity contribution in [2.45, 2.75) is 13.5 Å². The van der Waals surface area contributed by atoms with Gasteiger partial charge in [-0.15, -0.1) is 0 Å². The zero-order valence-corrected chi connectivity index (χ0v) is 7.65. The Balaban J connectivity index is 2.68. The van der Waals surface area contributed by atoms with E-state index in [4.69, 9.17) is 0 Å². The topological polar surface area (TPSA) is 67.8 Å². The van der Waals surface area contributed by atoms with Gasteiger partial charge in [0.25, 0.3) is 0 Å². The molecule has 0 aliphatic heterocycles. The second-order valence-electron chi connectivity index (χ2n) is 3.09. The molecule has 0 radical (unpaired) electrons. The van der Waals surface area contributed by atoms with E-state index in [9.17, 15) is 9.59 Å². The average Bonchev–Trinajstić information content (AvgIpc) is 2.43. The van der Waals surface area contributed by atoms with Gasteiger partial charge >= 0.3 is 5.69 Å². The summed E-state index contributed by atoms with van der Waals surface area (Å²) in [5.74, 6) is -0.0707. The molecule has 0 saturated carbocycles. The summed E-state index contributed by atoms with van der Waals surface area (Å²) < 4.78 is 1.33. The molecule has 0 atom stereocenters. The summed E-state index contributed by atoms with van der Waals surface area (Å²) >= 11 is 0. The molecule has 0 aromatic carbocycles. The number of carbonyl (C=O) groups is 1. The van der Waals surface area contributed by atoms with Crippen molar-refractivity contribution in [3.05, 3.63) is 28.8 Å². The minimum atomic E-state index is -0.297.